The first kappa shape index (κ1) is 15.6. The summed E-state index contributed by atoms with van der Waals surface area (Å²) in [4.78, 5) is 36.4. The van der Waals surface area contributed by atoms with Crippen molar-refractivity contribution in [2.75, 3.05) is 5.32 Å². The molecule has 0 spiro atoms. The number of amides is 1. The molecule has 0 bridgehead atoms. The van der Waals surface area contributed by atoms with Gasteiger partial charge in [0.25, 0.3) is 0 Å². The van der Waals surface area contributed by atoms with Gasteiger partial charge in [-0.1, -0.05) is 0 Å². The number of carboxylic acid groups (broad SMARTS) is 2. The van der Waals surface area contributed by atoms with E-state index >= 15 is 0 Å². The molecular formula is C12H15N3O5. The molecule has 0 aromatic carbocycles. The van der Waals surface area contributed by atoms with Gasteiger partial charge in [0, 0.05) is 6.42 Å². The molecule has 5 N–H and O–H groups in total. The molecule has 0 radical (unpaired) electrons. The Balaban J connectivity index is 2.53. The molecule has 0 fully saturated rings. The number of aliphatic carboxylic acids is 2. The van der Waals surface area contributed by atoms with Crippen LogP contribution in [-0.4, -0.2) is 39.1 Å². The fourth-order valence-corrected chi connectivity index (χ4v) is 1.40. The summed E-state index contributed by atoms with van der Waals surface area (Å²) in [6.07, 6.45) is 0.961. The average molecular weight is 281 g/mol. The fraction of sp³-hybridized carbons (Fsp3) is 0.333. The number of nitrogens with one attached hydrogen (secondary N) is 1. The molecule has 1 aromatic heterocycles. The Kier molecular flexibility index (Phi) is 5.60. The van der Waals surface area contributed by atoms with Gasteiger partial charge in [0.1, 0.15) is 0 Å². The van der Waals surface area contributed by atoms with Gasteiger partial charge < -0.3 is 21.3 Å². The number of carbonyl (C=O) groups is 3. The normalized spacial score (nSPS) is 11.7. The molecule has 1 rings (SSSR count). The van der Waals surface area contributed by atoms with E-state index in [4.69, 9.17) is 15.9 Å². The molecule has 1 heterocycles. The number of carboxylic acids is 2. The second-order valence-electron chi connectivity index (χ2n) is 4.14. The van der Waals surface area contributed by atoms with Crippen LogP contribution in [0.2, 0.25) is 0 Å². The highest BCUT2D eigenvalue weighted by molar-refractivity contribution is 5.94. The van der Waals surface area contributed by atoms with Crippen molar-refractivity contribution in [2.45, 2.75) is 25.3 Å². The molecule has 1 amide bonds. The van der Waals surface area contributed by atoms with Crippen molar-refractivity contribution in [3.05, 3.63) is 24.0 Å². The van der Waals surface area contributed by atoms with Crippen LogP contribution in [0.4, 0.5) is 5.69 Å². The minimum Gasteiger partial charge on any atom is -0.481 e. The van der Waals surface area contributed by atoms with Crippen molar-refractivity contribution in [3.8, 4) is 0 Å². The van der Waals surface area contributed by atoms with Gasteiger partial charge in [0.05, 0.1) is 30.0 Å². The fourth-order valence-electron chi connectivity index (χ4n) is 1.40. The smallest absolute Gasteiger partial charge is 0.309 e. The Bertz CT molecular complexity index is 500. The molecule has 8 heteroatoms. The van der Waals surface area contributed by atoms with Crippen LogP contribution < -0.4 is 11.1 Å². The number of nitrogens with zero attached hydrogens (tertiary/aromatic N) is 1. The zero-order chi connectivity index (χ0) is 15.1. The number of hydrogen-bond acceptors (Lipinski definition) is 5. The van der Waals surface area contributed by atoms with Crippen LogP contribution in [0, 0.1) is 0 Å². The van der Waals surface area contributed by atoms with Gasteiger partial charge in [0.15, 0.2) is 0 Å². The van der Waals surface area contributed by atoms with Crippen molar-refractivity contribution in [1.29, 1.82) is 0 Å². The van der Waals surface area contributed by atoms with E-state index in [-0.39, 0.29) is 19.3 Å². The van der Waals surface area contributed by atoms with Crippen molar-refractivity contribution in [2.24, 2.45) is 5.73 Å². The van der Waals surface area contributed by atoms with Gasteiger partial charge >= 0.3 is 11.9 Å². The lowest BCUT2D eigenvalue weighted by molar-refractivity contribution is -0.138. The molecular weight excluding hydrogens is 266 g/mol. The monoisotopic (exact) mass is 281 g/mol. The van der Waals surface area contributed by atoms with E-state index in [1.165, 1.54) is 18.3 Å². The maximum absolute atomic E-state index is 11.6. The molecule has 0 aliphatic heterocycles. The second kappa shape index (κ2) is 7.19. The zero-order valence-corrected chi connectivity index (χ0v) is 10.6. The number of rotatable bonds is 7. The van der Waals surface area contributed by atoms with E-state index in [2.05, 4.69) is 10.3 Å². The Labute approximate surface area is 114 Å². The quantitative estimate of drug-likeness (QED) is 0.543. The Morgan fingerprint density at radius 3 is 2.45 bits per heavy atom. The van der Waals surface area contributed by atoms with Gasteiger partial charge in [-0.3, -0.25) is 19.4 Å². The van der Waals surface area contributed by atoms with Crippen LogP contribution in [0.25, 0.3) is 0 Å². The van der Waals surface area contributed by atoms with Crippen LogP contribution in [0.15, 0.2) is 18.3 Å². The van der Waals surface area contributed by atoms with E-state index in [1.54, 1.807) is 0 Å². The molecule has 108 valence electrons. The second-order valence-corrected chi connectivity index (χ2v) is 4.14. The third kappa shape index (κ3) is 5.44. The van der Waals surface area contributed by atoms with Crippen LogP contribution in [0.1, 0.15) is 18.5 Å². The first-order valence-corrected chi connectivity index (χ1v) is 5.83. The highest BCUT2D eigenvalue weighted by Crippen LogP contribution is 2.08. The van der Waals surface area contributed by atoms with E-state index in [1.807, 2.05) is 0 Å². The average Bonchev–Trinajstić information content (AvgIpc) is 2.37. The Morgan fingerprint density at radius 1 is 1.25 bits per heavy atom. The van der Waals surface area contributed by atoms with Gasteiger partial charge in [-0.15, -0.1) is 0 Å². The molecule has 20 heavy (non-hydrogen) atoms. The lowest BCUT2D eigenvalue weighted by Crippen LogP contribution is -2.36. The number of carbonyl (C=O) groups excluding carboxylic acids is 1. The van der Waals surface area contributed by atoms with Crippen LogP contribution in [0.3, 0.4) is 0 Å². The zero-order valence-electron chi connectivity index (χ0n) is 10.6. The Morgan fingerprint density at radius 2 is 1.95 bits per heavy atom. The highest BCUT2D eigenvalue weighted by Gasteiger charge is 2.15. The van der Waals surface area contributed by atoms with E-state index in [0.29, 0.717) is 11.4 Å². The number of anilines is 1. The number of hydrogen-bond donors (Lipinski definition) is 4. The predicted molar refractivity (Wildman–Crippen MR) is 69.1 cm³/mol. The SMILES string of the molecule is NC(CCC(=O)O)C(=O)Nc1ccc(CC(=O)O)nc1. The lowest BCUT2D eigenvalue weighted by Gasteiger charge is -2.11. The van der Waals surface area contributed by atoms with E-state index in [0.717, 1.165) is 0 Å². The number of pyridine rings is 1. The summed E-state index contributed by atoms with van der Waals surface area (Å²) in [6, 6.07) is 2.06. The van der Waals surface area contributed by atoms with E-state index < -0.39 is 23.9 Å². The lowest BCUT2D eigenvalue weighted by atomic mass is 10.1. The summed E-state index contributed by atoms with van der Waals surface area (Å²) in [7, 11) is 0. The number of aromatic nitrogens is 1. The number of nitrogens with two attached hydrogens (primary N) is 1. The predicted octanol–water partition coefficient (Wildman–Crippen LogP) is -0.161. The molecule has 1 aromatic rings. The molecule has 0 saturated heterocycles. The molecule has 8 nitrogen and oxygen atoms in total. The molecule has 1 unspecified atom stereocenters. The summed E-state index contributed by atoms with van der Waals surface area (Å²) in [5.41, 5.74) is 6.27. The summed E-state index contributed by atoms with van der Waals surface area (Å²) in [5, 5.41) is 19.6. The van der Waals surface area contributed by atoms with Gasteiger partial charge in [-0.25, -0.2) is 0 Å². The third-order valence-electron chi connectivity index (χ3n) is 2.43. The minimum absolute atomic E-state index is 0.0334. The summed E-state index contributed by atoms with van der Waals surface area (Å²) < 4.78 is 0. The maximum atomic E-state index is 11.6. The summed E-state index contributed by atoms with van der Waals surface area (Å²) in [6.45, 7) is 0. The third-order valence-corrected chi connectivity index (χ3v) is 2.43. The van der Waals surface area contributed by atoms with Crippen LogP contribution in [-0.2, 0) is 20.8 Å². The van der Waals surface area contributed by atoms with Gasteiger partial charge in [-0.05, 0) is 18.6 Å². The van der Waals surface area contributed by atoms with Crippen LogP contribution >= 0.6 is 0 Å². The molecule has 0 saturated carbocycles. The van der Waals surface area contributed by atoms with Gasteiger partial charge in [0.2, 0.25) is 5.91 Å². The molecule has 0 aliphatic rings. The first-order valence-electron chi connectivity index (χ1n) is 5.83. The summed E-state index contributed by atoms with van der Waals surface area (Å²) in [5.74, 6) is -2.53. The van der Waals surface area contributed by atoms with Crippen molar-refractivity contribution in [3.63, 3.8) is 0 Å². The first-order chi connectivity index (χ1) is 9.38. The van der Waals surface area contributed by atoms with Crippen LogP contribution in [0.5, 0.6) is 0 Å². The highest BCUT2D eigenvalue weighted by atomic mass is 16.4. The Hall–Kier alpha value is -2.48. The molecule has 1 atom stereocenters. The maximum Gasteiger partial charge on any atom is 0.309 e. The van der Waals surface area contributed by atoms with Crippen molar-refractivity contribution < 1.29 is 24.6 Å². The topological polar surface area (TPSA) is 143 Å². The van der Waals surface area contributed by atoms with Crippen molar-refractivity contribution >= 4 is 23.5 Å². The van der Waals surface area contributed by atoms with E-state index in [9.17, 15) is 14.4 Å². The minimum atomic E-state index is -1.02. The largest absolute Gasteiger partial charge is 0.481 e. The van der Waals surface area contributed by atoms with Crippen molar-refractivity contribution in [1.82, 2.24) is 4.98 Å². The molecule has 0 aliphatic carbocycles. The standard InChI is InChI=1S/C12H15N3O5/c13-9(3-4-10(16)17)12(20)15-8-2-1-7(14-6-8)5-11(18)19/h1-2,6,9H,3-5,13H2,(H,15,20)(H,16,17)(H,18,19). The van der Waals surface area contributed by atoms with Gasteiger partial charge in [-0.2, -0.15) is 0 Å². The summed E-state index contributed by atoms with van der Waals surface area (Å²) >= 11 is 0.